The van der Waals surface area contributed by atoms with Crippen molar-refractivity contribution in [1.82, 2.24) is 24.9 Å². The Bertz CT molecular complexity index is 961. The highest BCUT2D eigenvalue weighted by Crippen LogP contribution is 2.40. The van der Waals surface area contributed by atoms with Crippen LogP contribution in [-0.4, -0.2) is 57.5 Å². The monoisotopic (exact) mass is 383 g/mol. The number of H-pyrrole nitrogens is 1. The Labute approximate surface area is 162 Å². The number of carbonyl (C=O) groups excluding carboxylic acids is 1. The number of aromatic amines is 1. The van der Waals surface area contributed by atoms with Crippen LogP contribution in [0.1, 0.15) is 70.8 Å². The van der Waals surface area contributed by atoms with Crippen LogP contribution in [0.5, 0.6) is 0 Å². The standard InChI is InChI=1S/C20H25N5O3/c1-24-8-6-15-14(11-24)19(26)22-18(21-15)13-3-2-7-25(10-13)20(27)16-9-17(28-23-16)12-4-5-12/h9,12-13H,2-8,10-11H2,1H3,(H,21,22,26)/t13-/m1/s1. The van der Waals surface area contributed by atoms with Crippen LogP contribution in [-0.2, 0) is 13.0 Å². The predicted octanol–water partition coefficient (Wildman–Crippen LogP) is 1.64. The number of amides is 1. The molecule has 0 spiro atoms. The Morgan fingerprint density at radius 2 is 2.11 bits per heavy atom. The highest BCUT2D eigenvalue weighted by atomic mass is 16.5. The van der Waals surface area contributed by atoms with Gasteiger partial charge in [0, 0.05) is 50.5 Å². The minimum atomic E-state index is -0.0951. The van der Waals surface area contributed by atoms with Gasteiger partial charge in [-0.05, 0) is 32.7 Å². The van der Waals surface area contributed by atoms with Gasteiger partial charge >= 0.3 is 0 Å². The van der Waals surface area contributed by atoms with Crippen LogP contribution in [0.3, 0.4) is 0 Å². The second-order valence-corrected chi connectivity index (χ2v) is 8.34. The van der Waals surface area contributed by atoms with Crippen LogP contribution in [0.4, 0.5) is 0 Å². The molecule has 8 nitrogen and oxygen atoms in total. The summed E-state index contributed by atoms with van der Waals surface area (Å²) in [5.74, 6) is 1.92. The van der Waals surface area contributed by atoms with Gasteiger partial charge in [-0.3, -0.25) is 9.59 Å². The van der Waals surface area contributed by atoms with E-state index in [2.05, 4.69) is 15.0 Å². The van der Waals surface area contributed by atoms with E-state index in [1.165, 1.54) is 0 Å². The number of hydrogen-bond donors (Lipinski definition) is 1. The van der Waals surface area contributed by atoms with E-state index in [0.717, 1.165) is 55.7 Å². The van der Waals surface area contributed by atoms with Gasteiger partial charge in [-0.2, -0.15) is 0 Å². The molecule has 0 aromatic carbocycles. The Morgan fingerprint density at radius 1 is 1.25 bits per heavy atom. The third kappa shape index (κ3) is 3.26. The van der Waals surface area contributed by atoms with Crippen molar-refractivity contribution in [1.29, 1.82) is 0 Å². The van der Waals surface area contributed by atoms with Crippen molar-refractivity contribution >= 4 is 5.91 Å². The van der Waals surface area contributed by atoms with Crippen molar-refractivity contribution < 1.29 is 9.32 Å². The molecule has 1 atom stereocenters. The van der Waals surface area contributed by atoms with Crippen molar-refractivity contribution in [2.75, 3.05) is 26.7 Å². The highest BCUT2D eigenvalue weighted by molar-refractivity contribution is 5.92. The summed E-state index contributed by atoms with van der Waals surface area (Å²) in [6.07, 6.45) is 4.81. The summed E-state index contributed by atoms with van der Waals surface area (Å²) in [7, 11) is 2.01. The van der Waals surface area contributed by atoms with Gasteiger partial charge in [-0.25, -0.2) is 4.98 Å². The SMILES string of the molecule is CN1CCc2nc([C@@H]3CCCN(C(=O)c4cc(C5CC5)on4)C3)[nH]c(=O)c2C1. The fraction of sp³-hybridized carbons (Fsp3) is 0.600. The van der Waals surface area contributed by atoms with Gasteiger partial charge in [0.25, 0.3) is 11.5 Å². The van der Waals surface area contributed by atoms with Crippen molar-refractivity contribution in [3.8, 4) is 0 Å². The molecule has 2 aromatic heterocycles. The molecule has 148 valence electrons. The molecule has 1 aliphatic carbocycles. The molecular weight excluding hydrogens is 358 g/mol. The number of aromatic nitrogens is 3. The number of rotatable bonds is 3. The smallest absolute Gasteiger partial charge is 0.276 e. The third-order valence-electron chi connectivity index (χ3n) is 6.10. The van der Waals surface area contributed by atoms with E-state index < -0.39 is 0 Å². The maximum absolute atomic E-state index is 12.9. The second kappa shape index (κ2) is 6.84. The van der Waals surface area contributed by atoms with E-state index in [1.54, 1.807) is 6.07 Å². The molecule has 1 saturated carbocycles. The summed E-state index contributed by atoms with van der Waals surface area (Å²) < 4.78 is 5.34. The van der Waals surface area contributed by atoms with Crippen LogP contribution in [0.25, 0.3) is 0 Å². The molecule has 2 aliphatic heterocycles. The summed E-state index contributed by atoms with van der Waals surface area (Å²) in [6, 6.07) is 1.79. The average molecular weight is 383 g/mol. The van der Waals surface area contributed by atoms with Gasteiger partial charge in [0.1, 0.15) is 11.6 Å². The maximum Gasteiger partial charge on any atom is 0.276 e. The number of fused-ring (bicyclic) bond motifs is 1. The minimum absolute atomic E-state index is 0.0411. The number of likely N-dealkylation sites (N-methyl/N-ethyl adjacent to an activating group) is 1. The van der Waals surface area contributed by atoms with E-state index in [1.807, 2.05) is 11.9 Å². The average Bonchev–Trinajstić information content (AvgIpc) is 3.45. The third-order valence-corrected chi connectivity index (χ3v) is 6.10. The van der Waals surface area contributed by atoms with E-state index >= 15 is 0 Å². The largest absolute Gasteiger partial charge is 0.360 e. The van der Waals surface area contributed by atoms with Crippen LogP contribution >= 0.6 is 0 Å². The van der Waals surface area contributed by atoms with Crippen molar-refractivity contribution in [2.24, 2.45) is 0 Å². The summed E-state index contributed by atoms with van der Waals surface area (Å²) in [6.45, 7) is 2.80. The van der Waals surface area contributed by atoms with Gasteiger partial charge in [0.05, 0.1) is 11.3 Å². The Kier molecular flexibility index (Phi) is 4.30. The van der Waals surface area contributed by atoms with Crippen LogP contribution in [0.2, 0.25) is 0 Å². The summed E-state index contributed by atoms with van der Waals surface area (Å²) >= 11 is 0. The van der Waals surface area contributed by atoms with E-state index in [0.29, 0.717) is 37.1 Å². The lowest BCUT2D eigenvalue weighted by Crippen LogP contribution is -2.41. The molecule has 5 rings (SSSR count). The molecule has 8 heteroatoms. The summed E-state index contributed by atoms with van der Waals surface area (Å²) in [4.78, 5) is 37.1. The Morgan fingerprint density at radius 3 is 2.93 bits per heavy atom. The molecular formula is C20H25N5O3. The van der Waals surface area contributed by atoms with E-state index in [4.69, 9.17) is 9.51 Å². The quantitative estimate of drug-likeness (QED) is 0.866. The first kappa shape index (κ1) is 17.6. The number of carbonyl (C=O) groups is 1. The van der Waals surface area contributed by atoms with E-state index in [9.17, 15) is 9.59 Å². The number of nitrogens with one attached hydrogen (secondary N) is 1. The zero-order valence-corrected chi connectivity index (χ0v) is 16.1. The number of nitrogens with zero attached hydrogens (tertiary/aromatic N) is 4. The molecule has 1 saturated heterocycles. The van der Waals surface area contributed by atoms with Crippen molar-refractivity contribution in [3.63, 3.8) is 0 Å². The first-order valence-electron chi connectivity index (χ1n) is 10.1. The predicted molar refractivity (Wildman–Crippen MR) is 101 cm³/mol. The Balaban J connectivity index is 1.34. The molecule has 4 heterocycles. The fourth-order valence-electron chi connectivity index (χ4n) is 4.27. The molecule has 0 unspecified atom stereocenters. The molecule has 1 amide bonds. The van der Waals surface area contributed by atoms with Gasteiger partial charge in [-0.15, -0.1) is 0 Å². The van der Waals surface area contributed by atoms with Crippen molar-refractivity contribution in [2.45, 2.75) is 50.5 Å². The Hall–Kier alpha value is -2.48. The molecule has 28 heavy (non-hydrogen) atoms. The second-order valence-electron chi connectivity index (χ2n) is 8.34. The zero-order valence-electron chi connectivity index (χ0n) is 16.1. The molecule has 1 N–H and O–H groups in total. The molecule has 0 radical (unpaired) electrons. The first-order chi connectivity index (χ1) is 13.6. The molecule has 0 bridgehead atoms. The molecule has 3 aliphatic rings. The maximum atomic E-state index is 12.9. The van der Waals surface area contributed by atoms with Gasteiger partial charge in [-0.1, -0.05) is 5.16 Å². The topological polar surface area (TPSA) is 95.3 Å². The molecule has 2 aromatic rings. The first-order valence-corrected chi connectivity index (χ1v) is 10.1. The highest BCUT2D eigenvalue weighted by Gasteiger charge is 2.32. The number of hydrogen-bond acceptors (Lipinski definition) is 6. The fourth-order valence-corrected chi connectivity index (χ4v) is 4.27. The van der Waals surface area contributed by atoms with Crippen molar-refractivity contribution in [3.05, 3.63) is 45.0 Å². The lowest BCUT2D eigenvalue weighted by molar-refractivity contribution is 0.0693. The van der Waals surface area contributed by atoms with E-state index in [-0.39, 0.29) is 17.4 Å². The lowest BCUT2D eigenvalue weighted by atomic mass is 9.96. The minimum Gasteiger partial charge on any atom is -0.360 e. The number of piperidine rings is 1. The summed E-state index contributed by atoms with van der Waals surface area (Å²) in [5.41, 5.74) is 2.03. The molecule has 2 fully saturated rings. The number of likely N-dealkylation sites (tertiary alicyclic amines) is 1. The van der Waals surface area contributed by atoms with Crippen LogP contribution in [0, 0.1) is 0 Å². The zero-order chi connectivity index (χ0) is 19.3. The van der Waals surface area contributed by atoms with Gasteiger partial charge < -0.3 is 19.3 Å². The lowest BCUT2D eigenvalue weighted by Gasteiger charge is -2.32. The van der Waals surface area contributed by atoms with Gasteiger partial charge in [0.2, 0.25) is 0 Å². The van der Waals surface area contributed by atoms with Crippen LogP contribution < -0.4 is 5.56 Å². The van der Waals surface area contributed by atoms with Crippen LogP contribution in [0.15, 0.2) is 15.4 Å². The normalized spacial score (nSPS) is 22.9. The van der Waals surface area contributed by atoms with Gasteiger partial charge in [0.15, 0.2) is 5.69 Å². The summed E-state index contributed by atoms with van der Waals surface area (Å²) in [5, 5.41) is 3.98.